The van der Waals surface area contributed by atoms with Gasteiger partial charge in [0, 0.05) is 30.1 Å². The van der Waals surface area contributed by atoms with Crippen LogP contribution in [0.15, 0.2) is 42.7 Å². The highest BCUT2D eigenvalue weighted by molar-refractivity contribution is 5.97. The molecule has 2 aromatic rings. The van der Waals surface area contributed by atoms with E-state index in [2.05, 4.69) is 10.3 Å². The molecule has 0 radical (unpaired) electrons. The Morgan fingerprint density at radius 3 is 2.42 bits per heavy atom. The summed E-state index contributed by atoms with van der Waals surface area (Å²) in [5.74, 6) is -2.36. The van der Waals surface area contributed by atoms with E-state index in [4.69, 9.17) is 0 Å². The van der Waals surface area contributed by atoms with E-state index in [1.165, 1.54) is 0 Å². The standard InChI is InChI=1S/C17H15F4N3O2/c18-13-7-12(16(26)23-10-17(19,20)21)8-14(9-13)24-15(25)2-1-11-3-5-22-6-4-11/h3-9H,1-2,10H2,(H,23,26)(H,24,25). The van der Waals surface area contributed by atoms with Crippen molar-refractivity contribution in [2.45, 2.75) is 19.0 Å². The van der Waals surface area contributed by atoms with Gasteiger partial charge in [-0.05, 0) is 42.3 Å². The summed E-state index contributed by atoms with van der Waals surface area (Å²) in [4.78, 5) is 27.5. The number of alkyl halides is 3. The third kappa shape index (κ3) is 6.50. The Hall–Kier alpha value is -2.97. The first-order valence-electron chi connectivity index (χ1n) is 7.57. The molecule has 0 atom stereocenters. The molecule has 1 aromatic carbocycles. The van der Waals surface area contributed by atoms with Gasteiger partial charge < -0.3 is 10.6 Å². The van der Waals surface area contributed by atoms with Crippen molar-refractivity contribution < 1.29 is 27.2 Å². The van der Waals surface area contributed by atoms with Crippen LogP contribution in [0, 0.1) is 5.82 Å². The molecule has 0 fully saturated rings. The Labute approximate surface area is 146 Å². The summed E-state index contributed by atoms with van der Waals surface area (Å²) in [5, 5.41) is 4.07. The largest absolute Gasteiger partial charge is 0.405 e. The van der Waals surface area contributed by atoms with Crippen LogP contribution in [0.1, 0.15) is 22.3 Å². The van der Waals surface area contributed by atoms with Gasteiger partial charge in [-0.1, -0.05) is 0 Å². The Morgan fingerprint density at radius 1 is 1.08 bits per heavy atom. The minimum Gasteiger partial charge on any atom is -0.343 e. The summed E-state index contributed by atoms with van der Waals surface area (Å²) >= 11 is 0. The summed E-state index contributed by atoms with van der Waals surface area (Å²) in [5.41, 5.74) is 0.558. The fourth-order valence-corrected chi connectivity index (χ4v) is 2.11. The van der Waals surface area contributed by atoms with Gasteiger partial charge in [0.05, 0.1) is 0 Å². The number of carbonyl (C=O) groups is 2. The van der Waals surface area contributed by atoms with Crippen LogP contribution in [0.25, 0.3) is 0 Å². The summed E-state index contributed by atoms with van der Waals surface area (Å²) < 4.78 is 50.0. The number of carbonyl (C=O) groups excluding carboxylic acids is 2. The predicted octanol–water partition coefficient (Wildman–Crippen LogP) is 3.08. The van der Waals surface area contributed by atoms with Crippen molar-refractivity contribution in [2.24, 2.45) is 0 Å². The maximum absolute atomic E-state index is 13.6. The molecule has 2 amide bonds. The number of halogens is 4. The van der Waals surface area contributed by atoms with Crippen molar-refractivity contribution in [3.05, 3.63) is 59.7 Å². The molecule has 0 unspecified atom stereocenters. The molecule has 0 aliphatic rings. The number of hydrogen-bond donors (Lipinski definition) is 2. The van der Waals surface area contributed by atoms with Gasteiger partial charge in [-0.3, -0.25) is 14.6 Å². The van der Waals surface area contributed by atoms with Crippen molar-refractivity contribution in [2.75, 3.05) is 11.9 Å². The lowest BCUT2D eigenvalue weighted by atomic mass is 10.1. The zero-order valence-corrected chi connectivity index (χ0v) is 13.4. The minimum atomic E-state index is -4.58. The van der Waals surface area contributed by atoms with Gasteiger partial charge >= 0.3 is 6.18 Å². The van der Waals surface area contributed by atoms with Gasteiger partial charge in [-0.2, -0.15) is 13.2 Å². The van der Waals surface area contributed by atoms with E-state index in [0.717, 1.165) is 23.8 Å². The number of pyridine rings is 1. The molecule has 2 N–H and O–H groups in total. The minimum absolute atomic E-state index is 0.0121. The molecule has 0 saturated heterocycles. The van der Waals surface area contributed by atoms with Crippen LogP contribution < -0.4 is 10.6 Å². The second kappa shape index (κ2) is 8.41. The molecule has 0 aliphatic heterocycles. The molecular formula is C17H15F4N3O2. The average molecular weight is 369 g/mol. The molecule has 1 aromatic heterocycles. The van der Waals surface area contributed by atoms with Crippen LogP contribution in [-0.4, -0.2) is 29.5 Å². The van der Waals surface area contributed by atoms with Crippen molar-refractivity contribution in [3.8, 4) is 0 Å². The first-order chi connectivity index (χ1) is 12.2. The van der Waals surface area contributed by atoms with Gasteiger partial charge in [-0.25, -0.2) is 4.39 Å². The fraction of sp³-hybridized carbons (Fsp3) is 0.235. The number of nitrogens with zero attached hydrogens (tertiary/aromatic N) is 1. The Morgan fingerprint density at radius 2 is 1.77 bits per heavy atom. The molecule has 0 aliphatic carbocycles. The number of anilines is 1. The van der Waals surface area contributed by atoms with Crippen molar-refractivity contribution in [3.63, 3.8) is 0 Å². The molecule has 0 spiro atoms. The first kappa shape index (κ1) is 19.4. The quantitative estimate of drug-likeness (QED) is 0.769. The van der Waals surface area contributed by atoms with Crippen LogP contribution in [-0.2, 0) is 11.2 Å². The maximum atomic E-state index is 13.6. The molecule has 1 heterocycles. The third-order valence-corrected chi connectivity index (χ3v) is 3.28. The molecule has 5 nitrogen and oxygen atoms in total. The highest BCUT2D eigenvalue weighted by atomic mass is 19.4. The van der Waals surface area contributed by atoms with Crippen molar-refractivity contribution in [1.82, 2.24) is 10.3 Å². The van der Waals surface area contributed by atoms with E-state index >= 15 is 0 Å². The first-order valence-corrected chi connectivity index (χ1v) is 7.57. The molecule has 9 heteroatoms. The number of rotatable bonds is 6. The molecule has 0 bridgehead atoms. The Bertz CT molecular complexity index is 779. The van der Waals surface area contributed by atoms with Crippen LogP contribution in [0.3, 0.4) is 0 Å². The maximum Gasteiger partial charge on any atom is 0.405 e. The Kier molecular flexibility index (Phi) is 6.26. The van der Waals surface area contributed by atoms with E-state index in [0.29, 0.717) is 6.42 Å². The summed E-state index contributed by atoms with van der Waals surface area (Å²) in [6.07, 6.45) is -0.858. The second-order valence-electron chi connectivity index (χ2n) is 5.43. The lowest BCUT2D eigenvalue weighted by molar-refractivity contribution is -0.123. The van der Waals surface area contributed by atoms with Crippen molar-refractivity contribution >= 4 is 17.5 Å². The van der Waals surface area contributed by atoms with Gasteiger partial charge in [0.15, 0.2) is 0 Å². The number of aromatic nitrogens is 1. The summed E-state index contributed by atoms with van der Waals surface area (Å²) in [7, 11) is 0. The van der Waals surface area contributed by atoms with Crippen LogP contribution in [0.5, 0.6) is 0 Å². The number of amides is 2. The van der Waals surface area contributed by atoms with Gasteiger partial charge in [0.25, 0.3) is 5.91 Å². The van der Waals surface area contributed by atoms with E-state index in [1.54, 1.807) is 29.8 Å². The normalized spacial score (nSPS) is 11.1. The van der Waals surface area contributed by atoms with E-state index in [-0.39, 0.29) is 17.7 Å². The van der Waals surface area contributed by atoms with Gasteiger partial charge in [-0.15, -0.1) is 0 Å². The molecule has 2 rings (SSSR count). The molecule has 138 valence electrons. The molecule has 26 heavy (non-hydrogen) atoms. The Balaban J connectivity index is 1.97. The van der Waals surface area contributed by atoms with Crippen LogP contribution in [0.2, 0.25) is 0 Å². The zero-order chi connectivity index (χ0) is 19.2. The van der Waals surface area contributed by atoms with Crippen molar-refractivity contribution in [1.29, 1.82) is 0 Å². The number of aryl methyl sites for hydroxylation is 1. The van der Waals surface area contributed by atoms with E-state index < -0.39 is 30.4 Å². The smallest absolute Gasteiger partial charge is 0.343 e. The number of nitrogens with one attached hydrogen (secondary N) is 2. The lowest BCUT2D eigenvalue weighted by Gasteiger charge is -2.10. The topological polar surface area (TPSA) is 71.1 Å². The SMILES string of the molecule is O=C(CCc1ccncc1)Nc1cc(F)cc(C(=O)NCC(F)(F)F)c1. The highest BCUT2D eigenvalue weighted by Crippen LogP contribution is 2.16. The number of hydrogen-bond acceptors (Lipinski definition) is 3. The summed E-state index contributed by atoms with van der Waals surface area (Å²) in [6.45, 7) is -1.53. The van der Waals surface area contributed by atoms with E-state index in [1.807, 2.05) is 0 Å². The van der Waals surface area contributed by atoms with Gasteiger partial charge in [0.1, 0.15) is 12.4 Å². The van der Waals surface area contributed by atoms with Crippen LogP contribution in [0.4, 0.5) is 23.2 Å². The van der Waals surface area contributed by atoms with Crippen LogP contribution >= 0.6 is 0 Å². The summed E-state index contributed by atoms with van der Waals surface area (Å²) in [6, 6.07) is 6.37. The number of benzene rings is 1. The highest BCUT2D eigenvalue weighted by Gasteiger charge is 2.28. The van der Waals surface area contributed by atoms with E-state index in [9.17, 15) is 27.2 Å². The average Bonchev–Trinajstić information content (AvgIpc) is 2.57. The second-order valence-corrected chi connectivity index (χ2v) is 5.43. The zero-order valence-electron chi connectivity index (χ0n) is 13.4. The van der Waals surface area contributed by atoms with Gasteiger partial charge in [0.2, 0.25) is 5.91 Å². The third-order valence-electron chi connectivity index (χ3n) is 3.28. The fourth-order valence-electron chi connectivity index (χ4n) is 2.11. The predicted molar refractivity (Wildman–Crippen MR) is 86.0 cm³/mol. The monoisotopic (exact) mass is 369 g/mol. The molecular weight excluding hydrogens is 354 g/mol. The molecule has 0 saturated carbocycles. The lowest BCUT2D eigenvalue weighted by Crippen LogP contribution is -2.33.